The number of carbonyl (C=O) groups excluding carboxylic acids is 2. The fraction of sp³-hybridized carbons (Fsp3) is 0.227. The van der Waals surface area contributed by atoms with E-state index in [1.807, 2.05) is 60.7 Å². The third-order valence-electron chi connectivity index (χ3n) is 4.89. The van der Waals surface area contributed by atoms with Gasteiger partial charge in [-0.2, -0.15) is 10.2 Å². The van der Waals surface area contributed by atoms with Gasteiger partial charge in [-0.05, 0) is 11.1 Å². The van der Waals surface area contributed by atoms with Crippen molar-refractivity contribution in [2.75, 3.05) is 0 Å². The topological polar surface area (TPSA) is 92.5 Å². The smallest absolute Gasteiger partial charge is 0.268 e. The number of nitrogens with one attached hydrogen (secondary N) is 1. The maximum Gasteiger partial charge on any atom is 0.268 e. The first-order valence-electron chi connectivity index (χ1n) is 9.79. The first kappa shape index (κ1) is 19.5. The highest BCUT2D eigenvalue weighted by Gasteiger charge is 2.26. The summed E-state index contributed by atoms with van der Waals surface area (Å²) >= 11 is 0. The van der Waals surface area contributed by atoms with Gasteiger partial charge in [0.15, 0.2) is 0 Å². The van der Waals surface area contributed by atoms with E-state index in [1.165, 1.54) is 11.3 Å². The van der Waals surface area contributed by atoms with Crippen molar-refractivity contribution in [3.05, 3.63) is 84.4 Å². The van der Waals surface area contributed by atoms with Crippen LogP contribution in [0.1, 0.15) is 30.0 Å². The summed E-state index contributed by atoms with van der Waals surface area (Å²) in [6.07, 6.45) is 3.65. The molecular weight excluding hydrogens is 380 g/mol. The minimum absolute atomic E-state index is 0.0855. The van der Waals surface area contributed by atoms with Gasteiger partial charge in [-0.1, -0.05) is 60.7 Å². The molecule has 30 heavy (non-hydrogen) atoms. The van der Waals surface area contributed by atoms with Crippen molar-refractivity contribution < 1.29 is 9.59 Å². The number of hydrogen-bond acceptors (Lipinski definition) is 5. The number of benzene rings is 2. The fourth-order valence-electron chi connectivity index (χ4n) is 3.32. The van der Waals surface area contributed by atoms with Crippen molar-refractivity contribution >= 4 is 17.5 Å². The second kappa shape index (κ2) is 9.13. The summed E-state index contributed by atoms with van der Waals surface area (Å²) in [5.74, 6) is -0.368. The van der Waals surface area contributed by atoms with Crippen LogP contribution in [-0.2, 0) is 22.7 Å². The van der Waals surface area contributed by atoms with Crippen LogP contribution >= 0.6 is 0 Å². The zero-order valence-corrected chi connectivity index (χ0v) is 16.4. The molecule has 4 rings (SSSR count). The molecule has 152 valence electrons. The van der Waals surface area contributed by atoms with Gasteiger partial charge >= 0.3 is 0 Å². The van der Waals surface area contributed by atoms with E-state index in [2.05, 4.69) is 20.5 Å². The summed E-state index contributed by atoms with van der Waals surface area (Å²) in [6, 6.07) is 19.0. The molecule has 3 aromatic rings. The van der Waals surface area contributed by atoms with Gasteiger partial charge in [0.1, 0.15) is 18.4 Å². The van der Waals surface area contributed by atoms with E-state index in [9.17, 15) is 9.59 Å². The first-order chi connectivity index (χ1) is 14.7. The van der Waals surface area contributed by atoms with Crippen LogP contribution in [0.4, 0.5) is 0 Å². The van der Waals surface area contributed by atoms with E-state index in [0.717, 1.165) is 11.1 Å². The normalized spacial score (nSPS) is 14.9. The number of amides is 2. The third-order valence-corrected chi connectivity index (χ3v) is 4.89. The van der Waals surface area contributed by atoms with Crippen molar-refractivity contribution in [3.63, 3.8) is 0 Å². The highest BCUT2D eigenvalue weighted by molar-refractivity contribution is 6.39. The maximum atomic E-state index is 13.0. The summed E-state index contributed by atoms with van der Waals surface area (Å²) in [5.41, 5.74) is 2.27. The Labute approximate surface area is 174 Å². The molecule has 2 heterocycles. The van der Waals surface area contributed by atoms with Crippen LogP contribution in [0.15, 0.2) is 78.4 Å². The highest BCUT2D eigenvalue weighted by atomic mass is 16.2. The molecule has 2 amide bonds. The SMILES string of the molecule is O=C(NC(Cn1cncn1)c1ccccc1)C1=NN(Cc2ccccc2)C(=O)CC1. The Morgan fingerprint density at radius 3 is 2.47 bits per heavy atom. The van der Waals surface area contributed by atoms with Gasteiger partial charge in [0.25, 0.3) is 5.91 Å². The molecule has 2 aromatic carbocycles. The van der Waals surface area contributed by atoms with Crippen LogP contribution in [0.2, 0.25) is 0 Å². The Kier molecular flexibility index (Phi) is 5.93. The van der Waals surface area contributed by atoms with Gasteiger partial charge in [-0.3, -0.25) is 14.3 Å². The summed E-state index contributed by atoms with van der Waals surface area (Å²) in [4.78, 5) is 29.2. The van der Waals surface area contributed by atoms with Gasteiger partial charge in [-0.15, -0.1) is 0 Å². The largest absolute Gasteiger partial charge is 0.342 e. The molecule has 1 aromatic heterocycles. The Bertz CT molecular complexity index is 1020. The molecule has 1 aliphatic heterocycles. The quantitative estimate of drug-likeness (QED) is 0.656. The molecule has 1 unspecified atom stereocenters. The van der Waals surface area contributed by atoms with Gasteiger partial charge in [0.05, 0.1) is 19.1 Å². The second-order valence-electron chi connectivity index (χ2n) is 7.04. The van der Waals surface area contributed by atoms with Crippen LogP contribution in [0.25, 0.3) is 0 Å². The summed E-state index contributed by atoms with van der Waals surface area (Å²) < 4.78 is 1.67. The number of aromatic nitrogens is 3. The number of carbonyl (C=O) groups is 2. The van der Waals surface area contributed by atoms with Gasteiger partial charge in [0, 0.05) is 12.8 Å². The number of hydrazone groups is 1. The Hall–Kier alpha value is -3.81. The molecule has 0 spiro atoms. The zero-order valence-electron chi connectivity index (χ0n) is 16.4. The second-order valence-corrected chi connectivity index (χ2v) is 7.04. The molecule has 0 aliphatic carbocycles. The van der Waals surface area contributed by atoms with Crippen LogP contribution in [-0.4, -0.2) is 37.3 Å². The Morgan fingerprint density at radius 2 is 1.77 bits per heavy atom. The maximum absolute atomic E-state index is 13.0. The zero-order chi connectivity index (χ0) is 20.8. The van der Waals surface area contributed by atoms with Gasteiger partial charge < -0.3 is 5.32 Å². The molecular formula is C22H22N6O2. The van der Waals surface area contributed by atoms with E-state index >= 15 is 0 Å². The fourth-order valence-corrected chi connectivity index (χ4v) is 3.32. The predicted octanol–water partition coefficient (Wildman–Crippen LogP) is 2.31. The van der Waals surface area contributed by atoms with Crippen LogP contribution < -0.4 is 5.32 Å². The number of nitrogens with zero attached hydrogens (tertiary/aromatic N) is 5. The lowest BCUT2D eigenvalue weighted by molar-refractivity contribution is -0.132. The van der Waals surface area contributed by atoms with E-state index in [-0.39, 0.29) is 24.3 Å². The minimum atomic E-state index is -0.302. The standard InChI is InChI=1S/C22H22N6O2/c29-21-12-11-19(26-28(21)13-17-7-3-1-4-8-17)22(30)25-20(14-27-16-23-15-24-27)18-9-5-2-6-10-18/h1-10,15-16,20H,11-14H2,(H,25,30). The van der Waals surface area contributed by atoms with Crippen LogP contribution in [0.5, 0.6) is 0 Å². The monoisotopic (exact) mass is 402 g/mol. The summed E-state index contributed by atoms with van der Waals surface area (Å²) in [5, 5.41) is 12.9. The van der Waals surface area contributed by atoms with E-state index in [0.29, 0.717) is 25.2 Å². The summed E-state index contributed by atoms with van der Waals surface area (Å²) in [6.45, 7) is 0.785. The average molecular weight is 402 g/mol. The molecule has 0 bridgehead atoms. The van der Waals surface area contributed by atoms with E-state index in [1.54, 1.807) is 11.0 Å². The van der Waals surface area contributed by atoms with Gasteiger partial charge in [-0.25, -0.2) is 9.99 Å². The molecule has 0 radical (unpaired) electrons. The molecule has 1 N–H and O–H groups in total. The number of hydrogen-bond donors (Lipinski definition) is 1. The van der Waals surface area contributed by atoms with Gasteiger partial charge in [0.2, 0.25) is 5.91 Å². The molecule has 0 saturated heterocycles. The van der Waals surface area contributed by atoms with Crippen LogP contribution in [0.3, 0.4) is 0 Å². The molecule has 8 heteroatoms. The van der Waals surface area contributed by atoms with Crippen molar-refractivity contribution in [3.8, 4) is 0 Å². The van der Waals surface area contributed by atoms with E-state index in [4.69, 9.17) is 0 Å². The van der Waals surface area contributed by atoms with Crippen LogP contribution in [0, 0.1) is 0 Å². The highest BCUT2D eigenvalue weighted by Crippen LogP contribution is 2.17. The molecule has 0 fully saturated rings. The molecule has 1 atom stereocenters. The lowest BCUT2D eigenvalue weighted by Crippen LogP contribution is -2.41. The lowest BCUT2D eigenvalue weighted by Gasteiger charge is -2.25. The average Bonchev–Trinajstić information content (AvgIpc) is 3.29. The Morgan fingerprint density at radius 1 is 1.03 bits per heavy atom. The Balaban J connectivity index is 1.51. The third kappa shape index (κ3) is 4.78. The minimum Gasteiger partial charge on any atom is -0.342 e. The van der Waals surface area contributed by atoms with Crippen molar-refractivity contribution in [2.45, 2.75) is 32.0 Å². The predicted molar refractivity (Wildman–Crippen MR) is 111 cm³/mol. The van der Waals surface area contributed by atoms with Crippen molar-refractivity contribution in [2.24, 2.45) is 5.10 Å². The molecule has 0 saturated carbocycles. The van der Waals surface area contributed by atoms with Crippen molar-refractivity contribution in [1.29, 1.82) is 0 Å². The summed E-state index contributed by atoms with van der Waals surface area (Å²) in [7, 11) is 0. The lowest BCUT2D eigenvalue weighted by atomic mass is 10.1. The number of rotatable bonds is 7. The van der Waals surface area contributed by atoms with E-state index < -0.39 is 0 Å². The first-order valence-corrected chi connectivity index (χ1v) is 9.79. The molecule has 1 aliphatic rings. The molecule has 8 nitrogen and oxygen atoms in total. The van der Waals surface area contributed by atoms with Crippen molar-refractivity contribution in [1.82, 2.24) is 25.1 Å².